The smallest absolute Gasteiger partial charge is 0.257 e. The van der Waals surface area contributed by atoms with Gasteiger partial charge >= 0.3 is 0 Å². The molecule has 0 atom stereocenters. The van der Waals surface area contributed by atoms with E-state index in [0.717, 1.165) is 0 Å². The molecule has 3 nitrogen and oxygen atoms in total. The van der Waals surface area contributed by atoms with Crippen molar-refractivity contribution in [2.45, 2.75) is 0 Å². The van der Waals surface area contributed by atoms with Gasteiger partial charge in [-0.15, -0.1) is 12.4 Å². The van der Waals surface area contributed by atoms with Crippen molar-refractivity contribution >= 4 is 35.6 Å². The number of nitrogens with one attached hydrogen (secondary N) is 1. The standard InChI is InChI=1S/C12H9ClN2O.ClH/c13-10-4-1-5-11(7-10)15-12(16)9-3-2-6-14-8-9;/h1-8H,(H,15,16);1H. The van der Waals surface area contributed by atoms with E-state index in [1.807, 2.05) is 0 Å². The molecule has 1 heterocycles. The van der Waals surface area contributed by atoms with Crippen molar-refractivity contribution in [2.24, 2.45) is 0 Å². The summed E-state index contributed by atoms with van der Waals surface area (Å²) < 4.78 is 0. The van der Waals surface area contributed by atoms with Crippen LogP contribution >= 0.6 is 24.0 Å². The average Bonchev–Trinajstić information content (AvgIpc) is 2.30. The Labute approximate surface area is 110 Å². The van der Waals surface area contributed by atoms with Crippen LogP contribution in [-0.4, -0.2) is 10.9 Å². The van der Waals surface area contributed by atoms with Crippen LogP contribution in [0.5, 0.6) is 0 Å². The van der Waals surface area contributed by atoms with Crippen LogP contribution in [0, 0.1) is 0 Å². The highest BCUT2D eigenvalue weighted by molar-refractivity contribution is 6.30. The fourth-order valence-electron chi connectivity index (χ4n) is 1.27. The van der Waals surface area contributed by atoms with E-state index in [1.165, 1.54) is 6.20 Å². The van der Waals surface area contributed by atoms with Gasteiger partial charge in [0.1, 0.15) is 0 Å². The molecule has 0 fully saturated rings. The predicted octanol–water partition coefficient (Wildman–Crippen LogP) is 3.41. The molecule has 2 aromatic rings. The van der Waals surface area contributed by atoms with Crippen molar-refractivity contribution in [1.82, 2.24) is 4.98 Å². The second kappa shape index (κ2) is 6.23. The fourth-order valence-corrected chi connectivity index (χ4v) is 1.46. The molecule has 17 heavy (non-hydrogen) atoms. The third-order valence-corrected chi connectivity index (χ3v) is 2.24. The zero-order valence-corrected chi connectivity index (χ0v) is 10.3. The summed E-state index contributed by atoms with van der Waals surface area (Å²) in [5.41, 5.74) is 1.18. The van der Waals surface area contributed by atoms with Gasteiger partial charge in [-0.2, -0.15) is 0 Å². The molecule has 88 valence electrons. The lowest BCUT2D eigenvalue weighted by Crippen LogP contribution is -2.11. The number of carbonyl (C=O) groups is 1. The van der Waals surface area contributed by atoms with E-state index in [4.69, 9.17) is 11.6 Å². The Hall–Kier alpha value is -1.58. The maximum atomic E-state index is 11.7. The van der Waals surface area contributed by atoms with Gasteiger partial charge in [0, 0.05) is 23.1 Å². The van der Waals surface area contributed by atoms with E-state index in [0.29, 0.717) is 16.3 Å². The van der Waals surface area contributed by atoms with Gasteiger partial charge in [-0.25, -0.2) is 0 Å². The van der Waals surface area contributed by atoms with E-state index >= 15 is 0 Å². The van der Waals surface area contributed by atoms with Gasteiger partial charge < -0.3 is 5.32 Å². The van der Waals surface area contributed by atoms with Crippen LogP contribution in [0.2, 0.25) is 5.02 Å². The highest BCUT2D eigenvalue weighted by Crippen LogP contribution is 2.15. The Kier molecular flexibility index (Phi) is 4.94. The minimum absolute atomic E-state index is 0. The first-order valence-corrected chi connectivity index (χ1v) is 5.10. The number of anilines is 1. The van der Waals surface area contributed by atoms with Gasteiger partial charge in [0.15, 0.2) is 0 Å². The van der Waals surface area contributed by atoms with Crippen LogP contribution in [-0.2, 0) is 0 Å². The first kappa shape index (κ1) is 13.5. The Bertz CT molecular complexity index is 503. The Morgan fingerprint density at radius 2 is 2.06 bits per heavy atom. The van der Waals surface area contributed by atoms with Crippen LogP contribution < -0.4 is 5.32 Å². The molecule has 0 unspecified atom stereocenters. The number of hydrogen-bond acceptors (Lipinski definition) is 2. The van der Waals surface area contributed by atoms with E-state index in [1.54, 1.807) is 42.6 Å². The summed E-state index contributed by atoms with van der Waals surface area (Å²) in [5, 5.41) is 3.32. The molecule has 0 saturated carbocycles. The van der Waals surface area contributed by atoms with Crippen molar-refractivity contribution in [3.63, 3.8) is 0 Å². The van der Waals surface area contributed by atoms with E-state index in [9.17, 15) is 4.79 Å². The minimum atomic E-state index is -0.199. The Morgan fingerprint density at radius 3 is 2.71 bits per heavy atom. The summed E-state index contributed by atoms with van der Waals surface area (Å²) in [4.78, 5) is 15.6. The number of carbonyl (C=O) groups excluding carboxylic acids is 1. The van der Waals surface area contributed by atoms with Crippen LogP contribution in [0.15, 0.2) is 48.8 Å². The second-order valence-electron chi connectivity index (χ2n) is 3.21. The average molecular weight is 269 g/mol. The lowest BCUT2D eigenvalue weighted by Gasteiger charge is -2.04. The molecule has 0 aliphatic heterocycles. The number of hydrogen-bond donors (Lipinski definition) is 1. The molecule has 0 aliphatic carbocycles. The Balaban J connectivity index is 0.00000144. The van der Waals surface area contributed by atoms with Crippen LogP contribution in [0.3, 0.4) is 0 Å². The summed E-state index contributed by atoms with van der Waals surface area (Å²) in [5.74, 6) is -0.199. The Morgan fingerprint density at radius 1 is 1.24 bits per heavy atom. The van der Waals surface area contributed by atoms with E-state index in [-0.39, 0.29) is 18.3 Å². The second-order valence-corrected chi connectivity index (χ2v) is 3.64. The van der Waals surface area contributed by atoms with Gasteiger partial charge in [0.05, 0.1) is 5.56 Å². The molecule has 1 aromatic carbocycles. The number of pyridine rings is 1. The topological polar surface area (TPSA) is 42.0 Å². The molecule has 0 saturated heterocycles. The minimum Gasteiger partial charge on any atom is -0.322 e. The lowest BCUT2D eigenvalue weighted by molar-refractivity contribution is 0.102. The van der Waals surface area contributed by atoms with Crippen molar-refractivity contribution in [3.05, 3.63) is 59.4 Å². The third-order valence-electron chi connectivity index (χ3n) is 2.01. The summed E-state index contributed by atoms with van der Waals surface area (Å²) >= 11 is 5.81. The molecular weight excluding hydrogens is 259 g/mol. The molecule has 2 rings (SSSR count). The third kappa shape index (κ3) is 3.73. The van der Waals surface area contributed by atoms with Gasteiger partial charge in [0.25, 0.3) is 5.91 Å². The van der Waals surface area contributed by atoms with Crippen molar-refractivity contribution < 1.29 is 4.79 Å². The van der Waals surface area contributed by atoms with E-state index < -0.39 is 0 Å². The van der Waals surface area contributed by atoms with E-state index in [2.05, 4.69) is 10.3 Å². The highest BCUT2D eigenvalue weighted by Gasteiger charge is 2.05. The molecule has 1 aromatic heterocycles. The van der Waals surface area contributed by atoms with Gasteiger partial charge in [-0.3, -0.25) is 9.78 Å². The molecule has 0 spiro atoms. The molecule has 1 N–H and O–H groups in total. The predicted molar refractivity (Wildman–Crippen MR) is 70.9 cm³/mol. The lowest BCUT2D eigenvalue weighted by atomic mass is 10.2. The summed E-state index contributed by atoms with van der Waals surface area (Å²) in [7, 11) is 0. The zero-order chi connectivity index (χ0) is 11.4. The number of halogens is 2. The largest absolute Gasteiger partial charge is 0.322 e. The number of aromatic nitrogens is 1. The van der Waals surface area contributed by atoms with Crippen LogP contribution in [0.1, 0.15) is 10.4 Å². The number of amides is 1. The molecule has 0 radical (unpaired) electrons. The van der Waals surface area contributed by atoms with Gasteiger partial charge in [0.2, 0.25) is 0 Å². The van der Waals surface area contributed by atoms with Crippen molar-refractivity contribution in [3.8, 4) is 0 Å². The number of benzene rings is 1. The molecule has 5 heteroatoms. The summed E-state index contributed by atoms with van der Waals surface area (Å²) in [6.45, 7) is 0. The van der Waals surface area contributed by atoms with Crippen LogP contribution in [0.4, 0.5) is 5.69 Å². The number of nitrogens with zero attached hydrogens (tertiary/aromatic N) is 1. The normalized spacial score (nSPS) is 9.24. The summed E-state index contributed by atoms with van der Waals surface area (Å²) in [6, 6.07) is 10.4. The first-order valence-electron chi connectivity index (χ1n) is 4.72. The molecule has 0 bridgehead atoms. The SMILES string of the molecule is Cl.O=C(Nc1cccc(Cl)c1)c1cccnc1. The summed E-state index contributed by atoms with van der Waals surface area (Å²) in [6.07, 6.45) is 3.13. The van der Waals surface area contributed by atoms with Gasteiger partial charge in [-0.1, -0.05) is 17.7 Å². The monoisotopic (exact) mass is 268 g/mol. The number of rotatable bonds is 2. The molecular formula is C12H10Cl2N2O. The van der Waals surface area contributed by atoms with Crippen LogP contribution in [0.25, 0.3) is 0 Å². The fraction of sp³-hybridized carbons (Fsp3) is 0. The highest BCUT2D eigenvalue weighted by atomic mass is 35.5. The maximum Gasteiger partial charge on any atom is 0.257 e. The quantitative estimate of drug-likeness (QED) is 0.907. The molecule has 0 aliphatic rings. The van der Waals surface area contributed by atoms with Crippen molar-refractivity contribution in [2.75, 3.05) is 5.32 Å². The van der Waals surface area contributed by atoms with Gasteiger partial charge in [-0.05, 0) is 30.3 Å². The molecule has 1 amide bonds. The zero-order valence-electron chi connectivity index (χ0n) is 8.76. The van der Waals surface area contributed by atoms with Crippen molar-refractivity contribution in [1.29, 1.82) is 0 Å². The maximum absolute atomic E-state index is 11.7. The first-order chi connectivity index (χ1) is 7.75.